The summed E-state index contributed by atoms with van der Waals surface area (Å²) >= 11 is 0. The van der Waals surface area contributed by atoms with Gasteiger partial charge in [0.1, 0.15) is 0 Å². The van der Waals surface area contributed by atoms with Crippen molar-refractivity contribution in [2.24, 2.45) is 7.05 Å². The number of benzene rings is 1. The lowest BCUT2D eigenvalue weighted by molar-refractivity contribution is 0.572. The van der Waals surface area contributed by atoms with Gasteiger partial charge in [-0.2, -0.15) is 0 Å². The van der Waals surface area contributed by atoms with E-state index < -0.39 is 0 Å². The van der Waals surface area contributed by atoms with E-state index >= 15 is 0 Å². The first kappa shape index (κ1) is 18.1. The second kappa shape index (κ2) is 9.86. The molecule has 0 spiro atoms. The van der Waals surface area contributed by atoms with Crippen LogP contribution in [0.3, 0.4) is 0 Å². The SMILES string of the molecule is CCCCCCCCNCc1cn(C)c2ccccc12.Cl. The van der Waals surface area contributed by atoms with Gasteiger partial charge < -0.3 is 9.88 Å². The van der Waals surface area contributed by atoms with Crippen molar-refractivity contribution in [1.82, 2.24) is 9.88 Å². The molecule has 21 heavy (non-hydrogen) atoms. The summed E-state index contributed by atoms with van der Waals surface area (Å²) in [6.45, 7) is 4.39. The van der Waals surface area contributed by atoms with Crippen molar-refractivity contribution in [3.8, 4) is 0 Å². The van der Waals surface area contributed by atoms with E-state index in [1.165, 1.54) is 55.0 Å². The predicted molar refractivity (Wildman–Crippen MR) is 95.2 cm³/mol. The van der Waals surface area contributed by atoms with Crippen LogP contribution in [-0.4, -0.2) is 11.1 Å². The van der Waals surface area contributed by atoms with Gasteiger partial charge in [0, 0.05) is 30.7 Å². The zero-order valence-corrected chi connectivity index (χ0v) is 14.2. The molecule has 0 aliphatic carbocycles. The van der Waals surface area contributed by atoms with E-state index in [1.807, 2.05) is 0 Å². The van der Waals surface area contributed by atoms with Gasteiger partial charge in [0.2, 0.25) is 0 Å². The lowest BCUT2D eigenvalue weighted by Gasteiger charge is -2.04. The van der Waals surface area contributed by atoms with Crippen molar-refractivity contribution < 1.29 is 0 Å². The van der Waals surface area contributed by atoms with Gasteiger partial charge in [-0.05, 0) is 24.6 Å². The van der Waals surface area contributed by atoms with Gasteiger partial charge in [-0.1, -0.05) is 57.2 Å². The van der Waals surface area contributed by atoms with Gasteiger partial charge in [0.25, 0.3) is 0 Å². The zero-order valence-electron chi connectivity index (χ0n) is 13.4. The van der Waals surface area contributed by atoms with Crippen LogP contribution in [0.15, 0.2) is 30.5 Å². The van der Waals surface area contributed by atoms with E-state index in [4.69, 9.17) is 0 Å². The molecule has 0 unspecified atom stereocenters. The number of hydrogen-bond donors (Lipinski definition) is 1. The molecule has 0 aliphatic heterocycles. The third-order valence-electron chi connectivity index (χ3n) is 4.00. The maximum Gasteiger partial charge on any atom is 0.0481 e. The molecular weight excluding hydrogens is 280 g/mol. The standard InChI is InChI=1S/C18H28N2.ClH/c1-3-4-5-6-7-10-13-19-14-16-15-20(2)18-12-9-8-11-17(16)18;/h8-9,11-12,15,19H,3-7,10,13-14H2,1-2H3;1H. The fourth-order valence-corrected chi connectivity index (χ4v) is 2.82. The van der Waals surface area contributed by atoms with Crippen LogP contribution in [0.4, 0.5) is 0 Å². The fraction of sp³-hybridized carbons (Fsp3) is 0.556. The van der Waals surface area contributed by atoms with E-state index in [1.54, 1.807) is 0 Å². The van der Waals surface area contributed by atoms with Gasteiger partial charge in [-0.25, -0.2) is 0 Å². The largest absolute Gasteiger partial charge is 0.350 e. The Kier molecular flexibility index (Phi) is 8.48. The van der Waals surface area contributed by atoms with Gasteiger partial charge in [-0.3, -0.25) is 0 Å². The van der Waals surface area contributed by atoms with Crippen molar-refractivity contribution in [2.45, 2.75) is 52.0 Å². The molecule has 0 radical (unpaired) electrons. The van der Waals surface area contributed by atoms with Crippen molar-refractivity contribution >= 4 is 23.3 Å². The maximum atomic E-state index is 3.58. The lowest BCUT2D eigenvalue weighted by atomic mass is 10.1. The second-order valence-corrected chi connectivity index (χ2v) is 5.73. The van der Waals surface area contributed by atoms with Crippen LogP contribution in [0.25, 0.3) is 10.9 Å². The summed E-state index contributed by atoms with van der Waals surface area (Å²) in [7, 11) is 2.12. The number of para-hydroxylation sites is 1. The van der Waals surface area contributed by atoms with E-state index in [0.717, 1.165) is 13.1 Å². The minimum atomic E-state index is 0. The molecule has 2 aromatic rings. The van der Waals surface area contributed by atoms with E-state index in [2.05, 4.69) is 54.3 Å². The number of nitrogens with one attached hydrogen (secondary N) is 1. The molecule has 0 bridgehead atoms. The smallest absolute Gasteiger partial charge is 0.0481 e. The lowest BCUT2D eigenvalue weighted by Crippen LogP contribution is -2.14. The summed E-state index contributed by atoms with van der Waals surface area (Å²) in [5.41, 5.74) is 2.73. The molecule has 3 heteroatoms. The molecule has 1 aromatic carbocycles. The highest BCUT2D eigenvalue weighted by Gasteiger charge is 2.04. The summed E-state index contributed by atoms with van der Waals surface area (Å²) < 4.78 is 2.22. The molecule has 2 nitrogen and oxygen atoms in total. The van der Waals surface area contributed by atoms with Crippen molar-refractivity contribution in [3.63, 3.8) is 0 Å². The highest BCUT2D eigenvalue weighted by molar-refractivity contribution is 5.85. The van der Waals surface area contributed by atoms with Crippen molar-refractivity contribution in [1.29, 1.82) is 0 Å². The van der Waals surface area contributed by atoms with Crippen LogP contribution in [0.2, 0.25) is 0 Å². The first-order chi connectivity index (χ1) is 9.83. The number of fused-ring (bicyclic) bond motifs is 1. The highest BCUT2D eigenvalue weighted by atomic mass is 35.5. The van der Waals surface area contributed by atoms with Crippen LogP contribution >= 0.6 is 12.4 Å². The van der Waals surface area contributed by atoms with Gasteiger partial charge >= 0.3 is 0 Å². The molecular formula is C18H29ClN2. The first-order valence-electron chi connectivity index (χ1n) is 8.06. The summed E-state index contributed by atoms with van der Waals surface area (Å²) in [4.78, 5) is 0. The average molecular weight is 309 g/mol. The topological polar surface area (TPSA) is 17.0 Å². The molecule has 0 atom stereocenters. The zero-order chi connectivity index (χ0) is 14.2. The van der Waals surface area contributed by atoms with Crippen LogP contribution in [-0.2, 0) is 13.6 Å². The second-order valence-electron chi connectivity index (χ2n) is 5.73. The Morgan fingerprint density at radius 3 is 2.52 bits per heavy atom. The average Bonchev–Trinajstić information content (AvgIpc) is 2.79. The quantitative estimate of drug-likeness (QED) is 0.641. The Hall–Kier alpha value is -0.990. The fourth-order valence-electron chi connectivity index (χ4n) is 2.82. The van der Waals surface area contributed by atoms with Crippen LogP contribution in [0.1, 0.15) is 51.0 Å². The number of rotatable bonds is 9. The van der Waals surface area contributed by atoms with E-state index in [9.17, 15) is 0 Å². The molecule has 1 heterocycles. The molecule has 0 fully saturated rings. The number of halogens is 1. The summed E-state index contributed by atoms with van der Waals surface area (Å²) in [5.74, 6) is 0. The van der Waals surface area contributed by atoms with Crippen LogP contribution in [0, 0.1) is 0 Å². The number of aryl methyl sites for hydroxylation is 1. The van der Waals surface area contributed by atoms with Gasteiger partial charge in [-0.15, -0.1) is 12.4 Å². The molecule has 118 valence electrons. The molecule has 0 saturated carbocycles. The van der Waals surface area contributed by atoms with Crippen LogP contribution in [0.5, 0.6) is 0 Å². The predicted octanol–water partition coefficient (Wildman–Crippen LogP) is 5.05. The Bertz CT molecular complexity index is 519. The molecule has 0 saturated heterocycles. The normalized spacial score (nSPS) is 10.8. The maximum absolute atomic E-state index is 3.58. The minimum absolute atomic E-state index is 0. The molecule has 1 aromatic heterocycles. The third-order valence-corrected chi connectivity index (χ3v) is 4.00. The van der Waals surface area contributed by atoms with E-state index in [-0.39, 0.29) is 12.4 Å². The Labute approximate surface area is 135 Å². The third kappa shape index (κ3) is 5.37. The van der Waals surface area contributed by atoms with Gasteiger partial charge in [0.15, 0.2) is 0 Å². The highest BCUT2D eigenvalue weighted by Crippen LogP contribution is 2.19. The molecule has 2 rings (SSSR count). The number of hydrogen-bond acceptors (Lipinski definition) is 1. The molecule has 0 aliphatic rings. The van der Waals surface area contributed by atoms with Gasteiger partial charge in [0.05, 0.1) is 0 Å². The molecule has 0 amide bonds. The number of aromatic nitrogens is 1. The van der Waals surface area contributed by atoms with E-state index in [0.29, 0.717) is 0 Å². The first-order valence-corrected chi connectivity index (χ1v) is 8.06. The van der Waals surface area contributed by atoms with Crippen LogP contribution < -0.4 is 5.32 Å². The van der Waals surface area contributed by atoms with Crippen molar-refractivity contribution in [3.05, 3.63) is 36.0 Å². The minimum Gasteiger partial charge on any atom is -0.350 e. The number of unbranched alkanes of at least 4 members (excludes halogenated alkanes) is 5. The monoisotopic (exact) mass is 308 g/mol. The summed E-state index contributed by atoms with van der Waals surface area (Å²) in [5, 5.41) is 4.96. The number of nitrogens with zero attached hydrogens (tertiary/aromatic N) is 1. The Morgan fingerprint density at radius 1 is 1.00 bits per heavy atom. The summed E-state index contributed by atoms with van der Waals surface area (Å²) in [6.07, 6.45) is 10.4. The summed E-state index contributed by atoms with van der Waals surface area (Å²) in [6, 6.07) is 8.64. The van der Waals surface area contributed by atoms with Crippen molar-refractivity contribution in [2.75, 3.05) is 6.54 Å². The Morgan fingerprint density at radius 2 is 1.71 bits per heavy atom. The molecule has 1 N–H and O–H groups in total. The Balaban J connectivity index is 0.00000220.